The molecule has 1 fully saturated rings. The summed E-state index contributed by atoms with van der Waals surface area (Å²) in [4.78, 5) is 2.53. The number of nitrogens with zero attached hydrogens (tertiary/aromatic N) is 1. The molecule has 3 nitrogen and oxygen atoms in total. The van der Waals surface area contributed by atoms with E-state index < -0.39 is 0 Å². The minimum absolute atomic E-state index is 0.174. The molecular weight excluding hydrogens is 260 g/mol. The molecular formula is C18H30N2O. The second kappa shape index (κ2) is 9.19. The van der Waals surface area contributed by atoms with Gasteiger partial charge in [-0.25, -0.2) is 0 Å². The van der Waals surface area contributed by atoms with Crippen LogP contribution in [-0.2, 0) is 6.54 Å². The summed E-state index contributed by atoms with van der Waals surface area (Å²) in [5, 5.41) is 13.4. The van der Waals surface area contributed by atoms with E-state index >= 15 is 0 Å². The van der Waals surface area contributed by atoms with Gasteiger partial charge in [-0.05, 0) is 37.9 Å². The van der Waals surface area contributed by atoms with Crippen LogP contribution in [-0.4, -0.2) is 41.8 Å². The third-order valence-electron chi connectivity index (χ3n) is 4.37. The highest BCUT2D eigenvalue weighted by atomic mass is 16.3. The van der Waals surface area contributed by atoms with Crippen LogP contribution in [0.15, 0.2) is 30.3 Å². The third-order valence-corrected chi connectivity index (χ3v) is 4.37. The Morgan fingerprint density at radius 3 is 2.62 bits per heavy atom. The molecule has 0 saturated carbocycles. The minimum Gasteiger partial charge on any atom is -0.392 e. The quantitative estimate of drug-likeness (QED) is 0.773. The largest absolute Gasteiger partial charge is 0.392 e. The van der Waals surface area contributed by atoms with Gasteiger partial charge in [0.2, 0.25) is 0 Å². The molecule has 1 atom stereocenters. The molecule has 0 radical (unpaired) electrons. The molecule has 1 heterocycles. The second-order valence-corrected chi connectivity index (χ2v) is 6.24. The van der Waals surface area contributed by atoms with Gasteiger partial charge < -0.3 is 10.4 Å². The van der Waals surface area contributed by atoms with Gasteiger partial charge in [-0.2, -0.15) is 0 Å². The first-order chi connectivity index (χ1) is 10.3. The van der Waals surface area contributed by atoms with E-state index in [4.69, 9.17) is 0 Å². The molecule has 3 heteroatoms. The SMILES string of the molecule is CCCC[C@@H](O)CNC1CCN(Cc2ccccc2)CC1. The summed E-state index contributed by atoms with van der Waals surface area (Å²) in [6.07, 6.45) is 5.41. The Balaban J connectivity index is 1.62. The van der Waals surface area contributed by atoms with Crippen molar-refractivity contribution in [3.63, 3.8) is 0 Å². The molecule has 118 valence electrons. The van der Waals surface area contributed by atoms with Crippen molar-refractivity contribution in [3.05, 3.63) is 35.9 Å². The summed E-state index contributed by atoms with van der Waals surface area (Å²) in [7, 11) is 0. The number of nitrogens with one attached hydrogen (secondary N) is 1. The van der Waals surface area contributed by atoms with E-state index in [0.29, 0.717) is 6.04 Å². The fourth-order valence-corrected chi connectivity index (χ4v) is 2.98. The number of piperidine rings is 1. The molecule has 0 amide bonds. The number of hydrogen-bond acceptors (Lipinski definition) is 3. The Hall–Kier alpha value is -0.900. The molecule has 1 saturated heterocycles. The van der Waals surface area contributed by atoms with Crippen molar-refractivity contribution in [2.45, 2.75) is 57.7 Å². The Labute approximate surface area is 129 Å². The number of hydrogen-bond donors (Lipinski definition) is 2. The van der Waals surface area contributed by atoms with Gasteiger partial charge in [0.25, 0.3) is 0 Å². The first-order valence-corrected chi connectivity index (χ1v) is 8.45. The third kappa shape index (κ3) is 6.16. The Kier molecular flexibility index (Phi) is 7.20. The van der Waals surface area contributed by atoms with Gasteiger partial charge in [0.15, 0.2) is 0 Å². The lowest BCUT2D eigenvalue weighted by Gasteiger charge is -2.33. The number of unbranched alkanes of at least 4 members (excludes halogenated alkanes) is 1. The predicted octanol–water partition coefficient (Wildman–Crippen LogP) is 2.79. The zero-order valence-electron chi connectivity index (χ0n) is 13.3. The molecule has 0 unspecified atom stereocenters. The molecule has 0 bridgehead atoms. The molecule has 1 aliphatic rings. The van der Waals surface area contributed by atoms with Gasteiger partial charge in [-0.3, -0.25) is 4.90 Å². The molecule has 1 aliphatic heterocycles. The van der Waals surface area contributed by atoms with Gasteiger partial charge >= 0.3 is 0 Å². The van der Waals surface area contributed by atoms with E-state index in [9.17, 15) is 5.11 Å². The van der Waals surface area contributed by atoms with Crippen LogP contribution in [0.1, 0.15) is 44.6 Å². The van der Waals surface area contributed by atoms with Gasteiger partial charge in [0, 0.05) is 19.1 Å². The summed E-state index contributed by atoms with van der Waals surface area (Å²) in [6.45, 7) is 6.29. The van der Waals surface area contributed by atoms with Crippen molar-refractivity contribution in [1.82, 2.24) is 10.2 Å². The Morgan fingerprint density at radius 1 is 1.24 bits per heavy atom. The molecule has 1 aromatic carbocycles. The van der Waals surface area contributed by atoms with E-state index in [0.717, 1.165) is 45.4 Å². The monoisotopic (exact) mass is 290 g/mol. The van der Waals surface area contributed by atoms with Crippen LogP contribution < -0.4 is 5.32 Å². The molecule has 2 N–H and O–H groups in total. The lowest BCUT2D eigenvalue weighted by molar-refractivity contribution is 0.139. The van der Waals surface area contributed by atoms with Crippen molar-refractivity contribution in [3.8, 4) is 0 Å². The van der Waals surface area contributed by atoms with Crippen molar-refractivity contribution >= 4 is 0 Å². The van der Waals surface area contributed by atoms with Crippen LogP contribution >= 0.6 is 0 Å². The number of benzene rings is 1. The van der Waals surface area contributed by atoms with Crippen LogP contribution in [0, 0.1) is 0 Å². The average molecular weight is 290 g/mol. The highest BCUT2D eigenvalue weighted by molar-refractivity contribution is 5.14. The molecule has 0 aromatic heterocycles. The standard InChI is InChI=1S/C18H30N2O/c1-2-3-9-18(21)14-19-17-10-12-20(13-11-17)15-16-7-5-4-6-8-16/h4-8,17-19,21H,2-3,9-15H2,1H3/t18-/m1/s1. The first-order valence-electron chi connectivity index (χ1n) is 8.45. The molecule has 2 rings (SSSR count). The summed E-state index contributed by atoms with van der Waals surface area (Å²) in [6, 6.07) is 11.3. The topological polar surface area (TPSA) is 35.5 Å². The smallest absolute Gasteiger partial charge is 0.0664 e. The lowest BCUT2D eigenvalue weighted by atomic mass is 10.0. The maximum Gasteiger partial charge on any atom is 0.0664 e. The van der Waals surface area contributed by atoms with Gasteiger partial charge in [0.1, 0.15) is 0 Å². The highest BCUT2D eigenvalue weighted by Gasteiger charge is 2.19. The van der Waals surface area contributed by atoms with E-state index in [2.05, 4.69) is 47.5 Å². The van der Waals surface area contributed by atoms with E-state index in [-0.39, 0.29) is 6.10 Å². The second-order valence-electron chi connectivity index (χ2n) is 6.24. The van der Waals surface area contributed by atoms with Crippen LogP contribution in [0.5, 0.6) is 0 Å². The summed E-state index contributed by atoms with van der Waals surface area (Å²) < 4.78 is 0. The summed E-state index contributed by atoms with van der Waals surface area (Å²) in [5.41, 5.74) is 1.40. The van der Waals surface area contributed by atoms with Crippen molar-refractivity contribution in [2.75, 3.05) is 19.6 Å². The van der Waals surface area contributed by atoms with Crippen LogP contribution in [0.25, 0.3) is 0 Å². The maximum absolute atomic E-state index is 9.88. The minimum atomic E-state index is -0.174. The van der Waals surface area contributed by atoms with Crippen molar-refractivity contribution in [2.24, 2.45) is 0 Å². The van der Waals surface area contributed by atoms with Crippen LogP contribution in [0.2, 0.25) is 0 Å². The fraction of sp³-hybridized carbons (Fsp3) is 0.667. The van der Waals surface area contributed by atoms with E-state index in [1.165, 1.54) is 18.4 Å². The number of aliphatic hydroxyl groups excluding tert-OH is 1. The van der Waals surface area contributed by atoms with E-state index in [1.54, 1.807) is 0 Å². The number of aliphatic hydroxyl groups is 1. The fourth-order valence-electron chi connectivity index (χ4n) is 2.98. The Bertz CT molecular complexity index is 374. The first kappa shape index (κ1) is 16.5. The van der Waals surface area contributed by atoms with Crippen LogP contribution in [0.4, 0.5) is 0 Å². The number of rotatable bonds is 8. The lowest BCUT2D eigenvalue weighted by Crippen LogP contribution is -2.44. The Morgan fingerprint density at radius 2 is 1.95 bits per heavy atom. The van der Waals surface area contributed by atoms with Gasteiger partial charge in [0.05, 0.1) is 6.10 Å². The van der Waals surface area contributed by atoms with Crippen molar-refractivity contribution in [1.29, 1.82) is 0 Å². The predicted molar refractivity (Wildman–Crippen MR) is 88.3 cm³/mol. The molecule has 0 aliphatic carbocycles. The van der Waals surface area contributed by atoms with Crippen molar-refractivity contribution < 1.29 is 5.11 Å². The molecule has 21 heavy (non-hydrogen) atoms. The van der Waals surface area contributed by atoms with Crippen LogP contribution in [0.3, 0.4) is 0 Å². The average Bonchev–Trinajstić information content (AvgIpc) is 2.53. The summed E-state index contributed by atoms with van der Waals surface area (Å²) >= 11 is 0. The van der Waals surface area contributed by atoms with Gasteiger partial charge in [-0.15, -0.1) is 0 Å². The number of likely N-dealkylation sites (tertiary alicyclic amines) is 1. The zero-order valence-corrected chi connectivity index (χ0v) is 13.3. The van der Waals surface area contributed by atoms with E-state index in [1.807, 2.05) is 0 Å². The zero-order chi connectivity index (χ0) is 14.9. The summed E-state index contributed by atoms with van der Waals surface area (Å²) in [5.74, 6) is 0. The maximum atomic E-state index is 9.88. The molecule has 1 aromatic rings. The molecule has 0 spiro atoms. The van der Waals surface area contributed by atoms with Gasteiger partial charge in [-0.1, -0.05) is 50.1 Å². The highest BCUT2D eigenvalue weighted by Crippen LogP contribution is 2.14. The normalized spacial score (nSPS) is 18.8.